The Morgan fingerprint density at radius 3 is 2.50 bits per heavy atom. The Bertz CT molecular complexity index is 460. The molecule has 0 saturated heterocycles. The minimum absolute atomic E-state index is 0.00238. The smallest absolute Gasteiger partial charge is 0.392 e. The van der Waals surface area contributed by atoms with Gasteiger partial charge in [0.1, 0.15) is 5.69 Å². The maximum Gasteiger partial charge on any atom is 0.392 e. The second-order valence-corrected chi connectivity index (χ2v) is 4.09. The van der Waals surface area contributed by atoms with E-state index in [1.54, 1.807) is 6.07 Å². The molecule has 4 nitrogen and oxygen atoms in total. The Hall–Kier alpha value is -1.92. The van der Waals surface area contributed by atoms with E-state index in [2.05, 4.69) is 9.72 Å². The molecule has 1 unspecified atom stereocenters. The first-order valence-corrected chi connectivity index (χ1v) is 6.01. The van der Waals surface area contributed by atoms with Gasteiger partial charge in [0.25, 0.3) is 0 Å². The Kier molecular flexibility index (Phi) is 5.66. The number of halogens is 3. The number of nitrogens with zero attached hydrogens (tertiary/aromatic N) is 1. The molecule has 20 heavy (non-hydrogen) atoms. The summed E-state index contributed by atoms with van der Waals surface area (Å²) in [5, 5.41) is 0. The van der Waals surface area contributed by atoms with Crippen LogP contribution in [0.15, 0.2) is 24.4 Å². The summed E-state index contributed by atoms with van der Waals surface area (Å²) in [5.41, 5.74) is -0.0504. The summed E-state index contributed by atoms with van der Waals surface area (Å²) in [4.78, 5) is 26.6. The minimum atomic E-state index is -4.64. The molecule has 0 spiro atoms. The molecule has 0 amide bonds. The number of hydrogen-bond donors (Lipinski definition) is 0. The van der Waals surface area contributed by atoms with E-state index < -0.39 is 36.7 Å². The summed E-state index contributed by atoms with van der Waals surface area (Å²) in [6.07, 6.45) is -5.01. The van der Waals surface area contributed by atoms with Crippen LogP contribution in [0.4, 0.5) is 13.2 Å². The number of hydrogen-bond acceptors (Lipinski definition) is 4. The van der Waals surface area contributed by atoms with Crippen molar-refractivity contribution in [1.29, 1.82) is 0 Å². The highest BCUT2D eigenvalue weighted by atomic mass is 19.4. The molecule has 1 heterocycles. The number of rotatable bonds is 6. The van der Waals surface area contributed by atoms with Crippen LogP contribution in [0.1, 0.15) is 30.3 Å². The number of carbonyl (C=O) groups is 2. The van der Waals surface area contributed by atoms with Crippen molar-refractivity contribution in [3.63, 3.8) is 0 Å². The van der Waals surface area contributed by atoms with Gasteiger partial charge in [0, 0.05) is 12.6 Å². The van der Waals surface area contributed by atoms with E-state index in [1.165, 1.54) is 25.3 Å². The predicted octanol–water partition coefficient (Wildman–Crippen LogP) is 2.79. The van der Waals surface area contributed by atoms with Crippen LogP contribution < -0.4 is 0 Å². The standard InChI is InChI=1S/C13H14F3NO3/c1-2-20-12(19)8-9(13(14,15)16)7-11(18)10-5-3-4-6-17-10/h3-6,9H,2,7-8H2,1H3. The number of esters is 1. The highest BCUT2D eigenvalue weighted by Gasteiger charge is 2.42. The molecule has 1 aromatic heterocycles. The second kappa shape index (κ2) is 7.02. The van der Waals surface area contributed by atoms with E-state index >= 15 is 0 Å². The molecule has 0 aliphatic heterocycles. The Labute approximate surface area is 114 Å². The third kappa shape index (κ3) is 4.99. The van der Waals surface area contributed by atoms with Gasteiger partial charge in [0.05, 0.1) is 18.9 Å². The van der Waals surface area contributed by atoms with Gasteiger partial charge >= 0.3 is 12.1 Å². The number of pyridine rings is 1. The lowest BCUT2D eigenvalue weighted by Gasteiger charge is -2.18. The fraction of sp³-hybridized carbons (Fsp3) is 0.462. The zero-order valence-corrected chi connectivity index (χ0v) is 10.8. The predicted molar refractivity (Wildman–Crippen MR) is 64.0 cm³/mol. The highest BCUT2D eigenvalue weighted by Crippen LogP contribution is 2.32. The molecular weight excluding hydrogens is 275 g/mol. The van der Waals surface area contributed by atoms with E-state index in [0.717, 1.165) is 0 Å². The monoisotopic (exact) mass is 289 g/mol. The van der Waals surface area contributed by atoms with E-state index in [1.807, 2.05) is 0 Å². The molecule has 7 heteroatoms. The zero-order valence-electron chi connectivity index (χ0n) is 10.8. The van der Waals surface area contributed by atoms with Crippen LogP contribution in [0.2, 0.25) is 0 Å². The van der Waals surface area contributed by atoms with Crippen molar-refractivity contribution in [2.24, 2.45) is 5.92 Å². The first kappa shape index (κ1) is 16.1. The molecule has 0 aromatic carbocycles. The summed E-state index contributed by atoms with van der Waals surface area (Å²) >= 11 is 0. The van der Waals surface area contributed by atoms with Crippen molar-refractivity contribution < 1.29 is 27.5 Å². The minimum Gasteiger partial charge on any atom is -0.466 e. The van der Waals surface area contributed by atoms with E-state index in [4.69, 9.17) is 0 Å². The van der Waals surface area contributed by atoms with Gasteiger partial charge in [0.2, 0.25) is 0 Å². The largest absolute Gasteiger partial charge is 0.466 e. The number of aromatic nitrogens is 1. The summed E-state index contributed by atoms with van der Waals surface area (Å²) in [5.74, 6) is -3.78. The molecule has 0 aliphatic rings. The first-order chi connectivity index (χ1) is 9.34. The van der Waals surface area contributed by atoms with Gasteiger partial charge in [-0.15, -0.1) is 0 Å². The lowest BCUT2D eigenvalue weighted by Crippen LogP contribution is -2.29. The summed E-state index contributed by atoms with van der Waals surface area (Å²) in [6.45, 7) is 1.50. The van der Waals surface area contributed by atoms with Gasteiger partial charge in [-0.25, -0.2) is 0 Å². The average Bonchev–Trinajstić information content (AvgIpc) is 2.38. The van der Waals surface area contributed by atoms with Crippen LogP contribution in [0, 0.1) is 5.92 Å². The average molecular weight is 289 g/mol. The van der Waals surface area contributed by atoms with E-state index in [-0.39, 0.29) is 12.3 Å². The van der Waals surface area contributed by atoms with Gasteiger partial charge in [-0.2, -0.15) is 13.2 Å². The number of ether oxygens (including phenoxy) is 1. The topological polar surface area (TPSA) is 56.3 Å². The van der Waals surface area contributed by atoms with Gasteiger partial charge in [0.15, 0.2) is 5.78 Å². The van der Waals surface area contributed by atoms with Crippen molar-refractivity contribution >= 4 is 11.8 Å². The van der Waals surface area contributed by atoms with Crippen LogP contribution in [-0.4, -0.2) is 29.5 Å². The molecule has 0 N–H and O–H groups in total. The highest BCUT2D eigenvalue weighted by molar-refractivity contribution is 5.94. The summed E-state index contributed by atoms with van der Waals surface area (Å²) in [6, 6.07) is 4.39. The quantitative estimate of drug-likeness (QED) is 0.597. The zero-order chi connectivity index (χ0) is 15.2. The Balaban J connectivity index is 2.75. The van der Waals surface area contributed by atoms with Crippen molar-refractivity contribution in [3.05, 3.63) is 30.1 Å². The first-order valence-electron chi connectivity index (χ1n) is 6.01. The third-order valence-electron chi connectivity index (χ3n) is 2.56. The molecule has 1 rings (SSSR count). The van der Waals surface area contributed by atoms with Crippen LogP contribution >= 0.6 is 0 Å². The fourth-order valence-corrected chi connectivity index (χ4v) is 1.58. The maximum absolute atomic E-state index is 12.8. The second-order valence-electron chi connectivity index (χ2n) is 4.09. The van der Waals surface area contributed by atoms with Gasteiger partial charge in [-0.3, -0.25) is 14.6 Å². The number of carbonyl (C=O) groups excluding carboxylic acids is 2. The fourth-order valence-electron chi connectivity index (χ4n) is 1.58. The molecule has 0 fully saturated rings. The molecule has 0 aliphatic carbocycles. The normalized spacial score (nSPS) is 12.8. The molecule has 0 saturated carbocycles. The Morgan fingerprint density at radius 2 is 2.00 bits per heavy atom. The summed E-state index contributed by atoms with van der Waals surface area (Å²) in [7, 11) is 0. The number of Topliss-reactive ketones (excluding diaryl/α,β-unsaturated/α-hetero) is 1. The molecular formula is C13H14F3NO3. The maximum atomic E-state index is 12.8. The third-order valence-corrected chi connectivity index (χ3v) is 2.56. The van der Waals surface area contributed by atoms with Crippen molar-refractivity contribution in [2.45, 2.75) is 25.9 Å². The number of ketones is 1. The van der Waals surface area contributed by atoms with Crippen molar-refractivity contribution in [1.82, 2.24) is 4.98 Å². The van der Waals surface area contributed by atoms with Crippen molar-refractivity contribution in [3.8, 4) is 0 Å². The molecule has 0 radical (unpaired) electrons. The van der Waals surface area contributed by atoms with Crippen LogP contribution in [0.25, 0.3) is 0 Å². The Morgan fingerprint density at radius 1 is 1.30 bits per heavy atom. The van der Waals surface area contributed by atoms with Crippen LogP contribution in [0.3, 0.4) is 0 Å². The van der Waals surface area contributed by atoms with E-state index in [9.17, 15) is 22.8 Å². The van der Waals surface area contributed by atoms with Gasteiger partial charge < -0.3 is 4.74 Å². The lowest BCUT2D eigenvalue weighted by atomic mass is 9.96. The molecule has 1 atom stereocenters. The summed E-state index contributed by atoms with van der Waals surface area (Å²) < 4.78 is 42.9. The SMILES string of the molecule is CCOC(=O)CC(CC(=O)c1ccccn1)C(F)(F)F. The van der Waals surface area contributed by atoms with Crippen molar-refractivity contribution in [2.75, 3.05) is 6.61 Å². The van der Waals surface area contributed by atoms with Crippen LogP contribution in [-0.2, 0) is 9.53 Å². The molecule has 0 bridgehead atoms. The lowest BCUT2D eigenvalue weighted by molar-refractivity contribution is -0.183. The number of alkyl halides is 3. The van der Waals surface area contributed by atoms with E-state index in [0.29, 0.717) is 0 Å². The van der Waals surface area contributed by atoms with Crippen LogP contribution in [0.5, 0.6) is 0 Å². The van der Waals surface area contributed by atoms with Gasteiger partial charge in [-0.1, -0.05) is 6.07 Å². The molecule has 1 aromatic rings. The molecule has 110 valence electrons. The van der Waals surface area contributed by atoms with Gasteiger partial charge in [-0.05, 0) is 19.1 Å².